The molecule has 150 valence electrons. The summed E-state index contributed by atoms with van der Waals surface area (Å²) in [4.78, 5) is 13.4. The summed E-state index contributed by atoms with van der Waals surface area (Å²) >= 11 is 12.1. The van der Waals surface area contributed by atoms with Gasteiger partial charge >= 0.3 is 0 Å². The third-order valence-corrected chi connectivity index (χ3v) is 7.53. The number of benzene rings is 2. The molecule has 3 rings (SSSR count). The van der Waals surface area contributed by atoms with E-state index in [-0.39, 0.29) is 11.7 Å². The molecule has 0 spiro atoms. The van der Waals surface area contributed by atoms with Crippen LogP contribution in [0.5, 0.6) is 0 Å². The summed E-state index contributed by atoms with van der Waals surface area (Å²) < 4.78 is 25.9. The number of halogens is 2. The van der Waals surface area contributed by atoms with Crippen LogP contribution in [0.15, 0.2) is 48.5 Å². The SMILES string of the molecule is CCS(=O)(=O)N1CCC(C(=O)Nc2cc(Cl)cc(Cl)c2)(c2ccccc2)CC1. The fourth-order valence-electron chi connectivity index (χ4n) is 3.61. The van der Waals surface area contributed by atoms with Crippen molar-refractivity contribution in [3.8, 4) is 0 Å². The first-order valence-corrected chi connectivity index (χ1v) is 11.4. The third kappa shape index (κ3) is 4.35. The summed E-state index contributed by atoms with van der Waals surface area (Å²) in [6, 6.07) is 14.4. The molecule has 1 fully saturated rings. The number of hydrogen-bond acceptors (Lipinski definition) is 3. The molecule has 0 saturated carbocycles. The molecular formula is C20H22Cl2N2O3S. The van der Waals surface area contributed by atoms with Gasteiger partial charge in [-0.05, 0) is 43.5 Å². The van der Waals surface area contributed by atoms with E-state index >= 15 is 0 Å². The molecule has 0 unspecified atom stereocenters. The second kappa shape index (κ2) is 8.41. The molecule has 28 heavy (non-hydrogen) atoms. The van der Waals surface area contributed by atoms with E-state index in [1.807, 2.05) is 30.3 Å². The Labute approximate surface area is 175 Å². The molecule has 0 bridgehead atoms. The number of anilines is 1. The highest BCUT2D eigenvalue weighted by Crippen LogP contribution is 2.38. The van der Waals surface area contributed by atoms with Gasteiger partial charge in [-0.15, -0.1) is 0 Å². The van der Waals surface area contributed by atoms with Crippen LogP contribution < -0.4 is 5.32 Å². The Hall–Kier alpha value is -1.60. The van der Waals surface area contributed by atoms with Gasteiger partial charge in [-0.1, -0.05) is 53.5 Å². The molecule has 1 heterocycles. The number of carbonyl (C=O) groups excluding carboxylic acids is 1. The van der Waals surface area contributed by atoms with Crippen molar-refractivity contribution in [1.29, 1.82) is 0 Å². The van der Waals surface area contributed by atoms with Gasteiger partial charge in [0.1, 0.15) is 0 Å². The molecule has 1 N–H and O–H groups in total. The predicted molar refractivity (Wildman–Crippen MR) is 113 cm³/mol. The minimum Gasteiger partial charge on any atom is -0.325 e. The number of carbonyl (C=O) groups is 1. The second-order valence-electron chi connectivity index (χ2n) is 6.86. The van der Waals surface area contributed by atoms with E-state index in [2.05, 4.69) is 5.32 Å². The van der Waals surface area contributed by atoms with Gasteiger partial charge in [0.15, 0.2) is 0 Å². The van der Waals surface area contributed by atoms with E-state index in [1.54, 1.807) is 25.1 Å². The van der Waals surface area contributed by atoms with Gasteiger partial charge < -0.3 is 5.32 Å². The summed E-state index contributed by atoms with van der Waals surface area (Å²) in [6.45, 7) is 2.23. The molecule has 1 aliphatic heterocycles. The Bertz CT molecular complexity index is 936. The fourth-order valence-corrected chi connectivity index (χ4v) is 5.24. The topological polar surface area (TPSA) is 66.5 Å². The molecule has 2 aromatic carbocycles. The molecule has 5 nitrogen and oxygen atoms in total. The number of nitrogens with one attached hydrogen (secondary N) is 1. The lowest BCUT2D eigenvalue weighted by molar-refractivity contribution is -0.123. The molecule has 1 saturated heterocycles. The number of sulfonamides is 1. The van der Waals surface area contributed by atoms with Crippen LogP contribution in [-0.2, 0) is 20.2 Å². The summed E-state index contributed by atoms with van der Waals surface area (Å²) in [5.41, 5.74) is 0.561. The van der Waals surface area contributed by atoms with E-state index in [1.165, 1.54) is 4.31 Å². The van der Waals surface area contributed by atoms with Crippen LogP contribution >= 0.6 is 23.2 Å². The molecular weight excluding hydrogens is 419 g/mol. The van der Waals surface area contributed by atoms with Crippen molar-refractivity contribution < 1.29 is 13.2 Å². The second-order valence-corrected chi connectivity index (χ2v) is 9.99. The largest absolute Gasteiger partial charge is 0.325 e. The Balaban J connectivity index is 1.91. The van der Waals surface area contributed by atoms with E-state index in [0.717, 1.165) is 5.56 Å². The quantitative estimate of drug-likeness (QED) is 0.752. The minimum absolute atomic E-state index is 0.0541. The van der Waals surface area contributed by atoms with Crippen LogP contribution in [0.1, 0.15) is 25.3 Å². The lowest BCUT2D eigenvalue weighted by Crippen LogP contribution is -2.51. The van der Waals surface area contributed by atoms with Gasteiger partial charge in [0.25, 0.3) is 0 Å². The number of piperidine rings is 1. The van der Waals surface area contributed by atoms with Gasteiger partial charge in [0.05, 0.1) is 11.2 Å². The summed E-state index contributed by atoms with van der Waals surface area (Å²) in [5, 5.41) is 3.79. The van der Waals surface area contributed by atoms with Crippen molar-refractivity contribution in [2.24, 2.45) is 0 Å². The molecule has 0 atom stereocenters. The van der Waals surface area contributed by atoms with Gasteiger partial charge in [0, 0.05) is 28.8 Å². The molecule has 8 heteroatoms. The van der Waals surface area contributed by atoms with Gasteiger partial charge in [-0.2, -0.15) is 0 Å². The van der Waals surface area contributed by atoms with Gasteiger partial charge in [-0.3, -0.25) is 4.79 Å². The number of amides is 1. The van der Waals surface area contributed by atoms with Gasteiger partial charge in [-0.25, -0.2) is 12.7 Å². The zero-order valence-electron chi connectivity index (χ0n) is 15.5. The summed E-state index contributed by atoms with van der Waals surface area (Å²) in [5.74, 6) is -0.135. The molecule has 1 aliphatic rings. The monoisotopic (exact) mass is 440 g/mol. The molecule has 1 amide bonds. The van der Waals surface area contributed by atoms with Crippen LogP contribution in [0.2, 0.25) is 10.0 Å². The first-order valence-electron chi connectivity index (χ1n) is 9.08. The highest BCUT2D eigenvalue weighted by Gasteiger charge is 2.44. The first-order chi connectivity index (χ1) is 13.3. The number of rotatable bonds is 5. The lowest BCUT2D eigenvalue weighted by atomic mass is 9.72. The fraction of sp³-hybridized carbons (Fsp3) is 0.350. The smallest absolute Gasteiger partial charge is 0.235 e. The van der Waals surface area contributed by atoms with Crippen molar-refractivity contribution in [1.82, 2.24) is 4.31 Å². The number of nitrogens with zero attached hydrogens (tertiary/aromatic N) is 1. The van der Waals surface area contributed by atoms with Crippen molar-refractivity contribution in [2.45, 2.75) is 25.2 Å². The zero-order chi connectivity index (χ0) is 20.4. The van der Waals surface area contributed by atoms with Crippen molar-refractivity contribution in [3.05, 3.63) is 64.1 Å². The molecule has 0 aromatic heterocycles. The molecule has 0 radical (unpaired) electrons. The maximum absolute atomic E-state index is 13.4. The van der Waals surface area contributed by atoms with Crippen molar-refractivity contribution in [3.63, 3.8) is 0 Å². The molecule has 0 aliphatic carbocycles. The van der Waals surface area contributed by atoms with Crippen LogP contribution in [0.3, 0.4) is 0 Å². The van der Waals surface area contributed by atoms with E-state index < -0.39 is 15.4 Å². The first kappa shape index (κ1) is 21.1. The highest BCUT2D eigenvalue weighted by molar-refractivity contribution is 7.89. The Morgan fingerprint density at radius 3 is 2.18 bits per heavy atom. The van der Waals surface area contributed by atoms with Gasteiger partial charge in [0.2, 0.25) is 15.9 Å². The average molecular weight is 441 g/mol. The predicted octanol–water partition coefficient (Wildman–Crippen LogP) is 4.32. The van der Waals surface area contributed by atoms with Crippen LogP contribution in [0, 0.1) is 0 Å². The summed E-state index contributed by atoms with van der Waals surface area (Å²) in [7, 11) is -3.28. The molecule has 2 aromatic rings. The number of hydrogen-bond donors (Lipinski definition) is 1. The average Bonchev–Trinajstić information content (AvgIpc) is 2.68. The van der Waals surface area contributed by atoms with Crippen molar-refractivity contribution >= 4 is 44.8 Å². The van der Waals surface area contributed by atoms with Crippen LogP contribution in [0.25, 0.3) is 0 Å². The van der Waals surface area contributed by atoms with E-state index in [9.17, 15) is 13.2 Å². The lowest BCUT2D eigenvalue weighted by Gasteiger charge is -2.40. The van der Waals surface area contributed by atoms with Crippen molar-refractivity contribution in [2.75, 3.05) is 24.2 Å². The highest BCUT2D eigenvalue weighted by atomic mass is 35.5. The van der Waals surface area contributed by atoms with Crippen LogP contribution in [0.4, 0.5) is 5.69 Å². The van der Waals surface area contributed by atoms with Crippen LogP contribution in [-0.4, -0.2) is 37.5 Å². The minimum atomic E-state index is -3.28. The Morgan fingerprint density at radius 2 is 1.64 bits per heavy atom. The maximum atomic E-state index is 13.4. The summed E-state index contributed by atoms with van der Waals surface area (Å²) in [6.07, 6.45) is 0.798. The normalized spacial score (nSPS) is 17.2. The van der Waals surface area contributed by atoms with E-state index in [4.69, 9.17) is 23.2 Å². The maximum Gasteiger partial charge on any atom is 0.235 e. The van der Waals surface area contributed by atoms with E-state index in [0.29, 0.717) is 41.7 Å². The Kier molecular flexibility index (Phi) is 6.34. The zero-order valence-corrected chi connectivity index (χ0v) is 17.8. The standard InChI is InChI=1S/C20H22Cl2N2O3S/c1-2-28(26,27)24-10-8-20(9-11-24,15-6-4-3-5-7-15)19(25)23-18-13-16(21)12-17(22)14-18/h3-7,12-14H,2,8-11H2,1H3,(H,23,25). The Morgan fingerprint density at radius 1 is 1.07 bits per heavy atom. The third-order valence-electron chi connectivity index (χ3n) is 5.22.